The number of carboxylic acids is 1. The van der Waals surface area contributed by atoms with Crippen LogP contribution < -0.4 is 10.6 Å². The van der Waals surface area contributed by atoms with E-state index in [1.54, 1.807) is 24.1 Å². The van der Waals surface area contributed by atoms with E-state index in [-0.39, 0.29) is 18.2 Å². The largest absolute Gasteiger partial charge is 0.508 e. The van der Waals surface area contributed by atoms with Crippen LogP contribution in [0.4, 0.5) is 0 Å². The Bertz CT molecular complexity index is 1040. The molecular formula is C25H31N3O5. The highest BCUT2D eigenvalue weighted by Gasteiger charge is 2.38. The first kappa shape index (κ1) is 24.3. The van der Waals surface area contributed by atoms with Crippen molar-refractivity contribution in [1.29, 1.82) is 0 Å². The molecule has 0 aliphatic carbocycles. The third kappa shape index (κ3) is 5.34. The van der Waals surface area contributed by atoms with Crippen LogP contribution in [0.3, 0.4) is 0 Å². The first-order valence-corrected chi connectivity index (χ1v) is 11.0. The van der Waals surface area contributed by atoms with Crippen LogP contribution in [0.5, 0.6) is 5.75 Å². The van der Waals surface area contributed by atoms with E-state index < -0.39 is 30.0 Å². The first-order valence-electron chi connectivity index (χ1n) is 11.0. The molecule has 176 valence electrons. The molecule has 0 saturated heterocycles. The highest BCUT2D eigenvalue weighted by molar-refractivity contribution is 5.92. The van der Waals surface area contributed by atoms with E-state index in [9.17, 15) is 24.6 Å². The average Bonchev–Trinajstić information content (AvgIpc) is 2.77. The van der Waals surface area contributed by atoms with Gasteiger partial charge in [0.25, 0.3) is 0 Å². The van der Waals surface area contributed by atoms with Gasteiger partial charge in [-0.2, -0.15) is 0 Å². The van der Waals surface area contributed by atoms with Crippen LogP contribution in [0, 0.1) is 13.8 Å². The average molecular weight is 454 g/mol. The third-order valence-electron chi connectivity index (χ3n) is 6.30. The molecule has 2 amide bonds. The number of fused-ring (bicyclic) bond motifs is 1. The molecule has 3 atom stereocenters. The second-order valence-electron chi connectivity index (χ2n) is 8.63. The van der Waals surface area contributed by atoms with E-state index in [1.807, 2.05) is 38.1 Å². The molecule has 0 radical (unpaired) electrons. The van der Waals surface area contributed by atoms with Gasteiger partial charge >= 0.3 is 5.97 Å². The smallest absolute Gasteiger partial charge is 0.325 e. The van der Waals surface area contributed by atoms with E-state index >= 15 is 0 Å². The Morgan fingerprint density at radius 1 is 1.12 bits per heavy atom. The summed E-state index contributed by atoms with van der Waals surface area (Å²) in [6.45, 7) is 5.44. The molecule has 0 saturated carbocycles. The molecule has 0 spiro atoms. The molecule has 4 N–H and O–H groups in total. The van der Waals surface area contributed by atoms with Gasteiger partial charge in [-0.05, 0) is 74.2 Å². The maximum atomic E-state index is 13.7. The number of nitrogens with zero attached hydrogens (tertiary/aromatic N) is 1. The lowest BCUT2D eigenvalue weighted by atomic mass is 9.91. The number of likely N-dealkylation sites (N-methyl/N-ethyl adjacent to an activating group) is 1. The molecule has 1 heterocycles. The van der Waals surface area contributed by atoms with Crippen LogP contribution in [0.25, 0.3) is 0 Å². The summed E-state index contributed by atoms with van der Waals surface area (Å²) in [5.41, 5.74) is 4.66. The summed E-state index contributed by atoms with van der Waals surface area (Å²) in [5, 5.41) is 24.6. The first-order chi connectivity index (χ1) is 15.6. The third-order valence-corrected chi connectivity index (χ3v) is 6.30. The summed E-state index contributed by atoms with van der Waals surface area (Å²) in [7, 11) is 1.70. The van der Waals surface area contributed by atoms with Crippen molar-refractivity contribution in [2.45, 2.75) is 58.3 Å². The number of phenols is 1. The molecular weight excluding hydrogens is 422 g/mol. The highest BCUT2D eigenvalue weighted by atomic mass is 16.4. The monoisotopic (exact) mass is 453 g/mol. The second kappa shape index (κ2) is 10.0. The number of aromatic hydroxyl groups is 1. The quantitative estimate of drug-likeness (QED) is 0.507. The predicted octanol–water partition coefficient (Wildman–Crippen LogP) is 1.68. The highest BCUT2D eigenvalue weighted by Crippen LogP contribution is 2.26. The lowest BCUT2D eigenvalue weighted by molar-refractivity contribution is -0.146. The van der Waals surface area contributed by atoms with Crippen LogP contribution in [-0.4, -0.2) is 58.1 Å². The molecule has 2 aromatic carbocycles. The number of phenolic OH excluding ortho intramolecular Hbond substituents is 1. The van der Waals surface area contributed by atoms with Crippen molar-refractivity contribution in [3.05, 3.63) is 64.2 Å². The van der Waals surface area contributed by atoms with Crippen LogP contribution in [0.15, 0.2) is 36.4 Å². The van der Waals surface area contributed by atoms with E-state index in [0.29, 0.717) is 12.8 Å². The van der Waals surface area contributed by atoms with Crippen molar-refractivity contribution in [1.82, 2.24) is 15.5 Å². The minimum Gasteiger partial charge on any atom is -0.508 e. The molecule has 1 aliphatic heterocycles. The number of nitrogens with one attached hydrogen (secondary N) is 2. The summed E-state index contributed by atoms with van der Waals surface area (Å²) in [6, 6.07) is 8.51. The number of amides is 2. The molecule has 2 aromatic rings. The van der Waals surface area contributed by atoms with Gasteiger partial charge in [0.1, 0.15) is 17.8 Å². The summed E-state index contributed by atoms with van der Waals surface area (Å²) in [4.78, 5) is 39.5. The van der Waals surface area contributed by atoms with Gasteiger partial charge in [-0.1, -0.05) is 24.3 Å². The number of hydrogen-bond donors (Lipinski definition) is 4. The van der Waals surface area contributed by atoms with Gasteiger partial charge in [0.2, 0.25) is 11.8 Å². The predicted molar refractivity (Wildman–Crippen MR) is 124 cm³/mol. The Balaban J connectivity index is 1.91. The zero-order valence-corrected chi connectivity index (χ0v) is 19.4. The molecule has 8 nitrogen and oxygen atoms in total. The van der Waals surface area contributed by atoms with E-state index in [2.05, 4.69) is 10.6 Å². The maximum Gasteiger partial charge on any atom is 0.325 e. The summed E-state index contributed by atoms with van der Waals surface area (Å²) < 4.78 is 0. The van der Waals surface area contributed by atoms with Crippen molar-refractivity contribution >= 4 is 17.8 Å². The number of aryl methyl sites for hydroxylation is 2. The molecule has 8 heteroatoms. The minimum absolute atomic E-state index is 0.179. The number of carboxylic acid groups (broad SMARTS) is 1. The van der Waals surface area contributed by atoms with Crippen LogP contribution in [-0.2, 0) is 33.8 Å². The Labute approximate surface area is 193 Å². The Morgan fingerprint density at radius 3 is 2.30 bits per heavy atom. The SMILES string of the molecule is CN[C@@H](Cc1c(C)cc(O)cc1C)C(=O)N1Cc2ccccc2CC1C(=O)N[C@@H](C)C(=O)O. The fourth-order valence-electron chi connectivity index (χ4n) is 4.37. The zero-order chi connectivity index (χ0) is 24.3. The number of rotatable bonds is 7. The van der Waals surface area contributed by atoms with Gasteiger partial charge in [-0.15, -0.1) is 0 Å². The van der Waals surface area contributed by atoms with Gasteiger partial charge in [-0.25, -0.2) is 0 Å². The fourth-order valence-corrected chi connectivity index (χ4v) is 4.37. The van der Waals surface area contributed by atoms with E-state index in [4.69, 9.17) is 0 Å². The molecule has 0 bridgehead atoms. The molecule has 0 aromatic heterocycles. The Morgan fingerprint density at radius 2 is 1.73 bits per heavy atom. The maximum absolute atomic E-state index is 13.7. The van der Waals surface area contributed by atoms with E-state index in [1.165, 1.54) is 6.92 Å². The molecule has 0 fully saturated rings. The Hall–Kier alpha value is -3.39. The van der Waals surface area contributed by atoms with Crippen molar-refractivity contribution < 1.29 is 24.6 Å². The standard InChI is InChI=1S/C25H31N3O5/c1-14-9-19(29)10-15(2)20(14)12-21(26-4)24(31)28-13-18-8-6-5-7-17(18)11-22(28)23(30)27-16(3)25(32)33/h5-10,16,21-22,26,29H,11-13H2,1-4H3,(H,27,30)(H,32,33)/t16-,21-,22?/m0/s1. The van der Waals surface area contributed by atoms with Gasteiger partial charge < -0.3 is 25.7 Å². The minimum atomic E-state index is -1.14. The van der Waals surface area contributed by atoms with Gasteiger partial charge in [-0.3, -0.25) is 14.4 Å². The molecule has 33 heavy (non-hydrogen) atoms. The second-order valence-corrected chi connectivity index (χ2v) is 8.63. The van der Waals surface area contributed by atoms with Gasteiger partial charge in [0.05, 0.1) is 6.04 Å². The zero-order valence-electron chi connectivity index (χ0n) is 19.4. The lowest BCUT2D eigenvalue weighted by Gasteiger charge is -2.38. The van der Waals surface area contributed by atoms with Gasteiger partial charge in [0.15, 0.2) is 0 Å². The molecule has 1 aliphatic rings. The topological polar surface area (TPSA) is 119 Å². The van der Waals surface area contributed by atoms with Crippen molar-refractivity contribution in [3.8, 4) is 5.75 Å². The number of aliphatic carboxylic acids is 1. The lowest BCUT2D eigenvalue weighted by Crippen LogP contribution is -2.58. The van der Waals surface area contributed by atoms with Crippen molar-refractivity contribution in [3.63, 3.8) is 0 Å². The van der Waals surface area contributed by atoms with Crippen molar-refractivity contribution in [2.24, 2.45) is 0 Å². The summed E-state index contributed by atoms with van der Waals surface area (Å²) in [6.07, 6.45) is 0.707. The molecule has 1 unspecified atom stereocenters. The van der Waals surface area contributed by atoms with Crippen molar-refractivity contribution in [2.75, 3.05) is 7.05 Å². The Kier molecular flexibility index (Phi) is 7.38. The number of benzene rings is 2. The van der Waals surface area contributed by atoms with E-state index in [0.717, 1.165) is 27.8 Å². The number of hydrogen-bond acceptors (Lipinski definition) is 5. The number of carbonyl (C=O) groups is 3. The van der Waals surface area contributed by atoms with Crippen LogP contribution in [0.1, 0.15) is 34.7 Å². The molecule has 3 rings (SSSR count). The fraction of sp³-hybridized carbons (Fsp3) is 0.400. The summed E-state index contributed by atoms with van der Waals surface area (Å²) >= 11 is 0. The number of carbonyl (C=O) groups excluding carboxylic acids is 2. The summed E-state index contributed by atoms with van der Waals surface area (Å²) in [5.74, 6) is -1.68. The normalized spacial score (nSPS) is 17.1. The van der Waals surface area contributed by atoms with Crippen LogP contribution in [0.2, 0.25) is 0 Å². The van der Waals surface area contributed by atoms with Gasteiger partial charge in [0, 0.05) is 13.0 Å². The van der Waals surface area contributed by atoms with Crippen LogP contribution >= 0.6 is 0 Å².